The van der Waals surface area contributed by atoms with E-state index in [4.69, 9.17) is 5.11 Å². The third-order valence-electron chi connectivity index (χ3n) is 1.42. The van der Waals surface area contributed by atoms with Gasteiger partial charge in [0.05, 0.1) is 0 Å². The minimum Gasteiger partial charge on any atom is -0.480 e. The Balaban J connectivity index is 2.62. The van der Waals surface area contributed by atoms with Crippen molar-refractivity contribution >= 4 is 11.8 Å². The van der Waals surface area contributed by atoms with Gasteiger partial charge in [0.1, 0.15) is 6.54 Å². The SMILES string of the molecule is Cc1cn(C)nc1NCC(=O)O. The molecule has 0 atom stereocenters. The first-order valence-corrected chi connectivity index (χ1v) is 3.55. The highest BCUT2D eigenvalue weighted by Gasteiger charge is 2.03. The van der Waals surface area contributed by atoms with Crippen LogP contribution in [0.15, 0.2) is 6.20 Å². The number of nitrogens with zero attached hydrogens (tertiary/aromatic N) is 2. The minimum atomic E-state index is -0.889. The van der Waals surface area contributed by atoms with Crippen LogP contribution in [0, 0.1) is 6.92 Å². The lowest BCUT2D eigenvalue weighted by atomic mass is 10.4. The Bertz CT molecular complexity index is 293. The lowest BCUT2D eigenvalue weighted by Crippen LogP contribution is -2.13. The van der Waals surface area contributed by atoms with Crippen molar-refractivity contribution in [2.45, 2.75) is 6.92 Å². The van der Waals surface area contributed by atoms with E-state index in [1.807, 2.05) is 13.1 Å². The molecule has 12 heavy (non-hydrogen) atoms. The normalized spacial score (nSPS) is 9.83. The molecule has 0 fully saturated rings. The third kappa shape index (κ3) is 1.98. The molecule has 2 N–H and O–H groups in total. The molecule has 0 amide bonds. The summed E-state index contributed by atoms with van der Waals surface area (Å²) in [6, 6.07) is 0. The van der Waals surface area contributed by atoms with E-state index >= 15 is 0 Å². The highest BCUT2D eigenvalue weighted by molar-refractivity contribution is 5.72. The van der Waals surface area contributed by atoms with Crippen LogP contribution >= 0.6 is 0 Å². The number of aromatic nitrogens is 2. The Morgan fingerprint density at radius 2 is 2.50 bits per heavy atom. The molecule has 66 valence electrons. The number of carboxylic acids is 1. The number of rotatable bonds is 3. The van der Waals surface area contributed by atoms with Crippen molar-refractivity contribution in [2.24, 2.45) is 7.05 Å². The molecule has 0 aliphatic heterocycles. The molecule has 1 rings (SSSR count). The van der Waals surface area contributed by atoms with Gasteiger partial charge in [0.15, 0.2) is 5.82 Å². The summed E-state index contributed by atoms with van der Waals surface area (Å²) >= 11 is 0. The number of aliphatic carboxylic acids is 1. The van der Waals surface area contributed by atoms with E-state index < -0.39 is 5.97 Å². The van der Waals surface area contributed by atoms with E-state index in [9.17, 15) is 4.79 Å². The average Bonchev–Trinajstić information content (AvgIpc) is 2.26. The molecule has 0 saturated heterocycles. The van der Waals surface area contributed by atoms with Crippen molar-refractivity contribution in [3.8, 4) is 0 Å². The lowest BCUT2D eigenvalue weighted by molar-refractivity contribution is -0.134. The summed E-state index contributed by atoms with van der Waals surface area (Å²) in [5, 5.41) is 15.1. The van der Waals surface area contributed by atoms with Gasteiger partial charge < -0.3 is 10.4 Å². The number of nitrogens with one attached hydrogen (secondary N) is 1. The maximum absolute atomic E-state index is 10.2. The molecular formula is C7H11N3O2. The molecule has 1 heterocycles. The molecule has 0 radical (unpaired) electrons. The Labute approximate surface area is 70.0 Å². The van der Waals surface area contributed by atoms with Crippen LogP contribution in [-0.2, 0) is 11.8 Å². The first kappa shape index (κ1) is 8.58. The summed E-state index contributed by atoms with van der Waals surface area (Å²) in [4.78, 5) is 10.2. The maximum atomic E-state index is 10.2. The van der Waals surface area contributed by atoms with Gasteiger partial charge in [-0.05, 0) is 6.92 Å². The first-order chi connectivity index (χ1) is 5.59. The Kier molecular flexibility index (Phi) is 2.32. The number of anilines is 1. The summed E-state index contributed by atoms with van der Waals surface area (Å²) in [5.41, 5.74) is 0.943. The molecule has 1 aromatic heterocycles. The van der Waals surface area contributed by atoms with E-state index in [-0.39, 0.29) is 6.54 Å². The number of carbonyl (C=O) groups is 1. The fraction of sp³-hybridized carbons (Fsp3) is 0.429. The summed E-state index contributed by atoms with van der Waals surface area (Å²) in [5.74, 6) is -0.264. The van der Waals surface area contributed by atoms with Crippen LogP contribution in [0.4, 0.5) is 5.82 Å². The van der Waals surface area contributed by atoms with Crippen LogP contribution in [-0.4, -0.2) is 27.4 Å². The Hall–Kier alpha value is -1.52. The van der Waals surface area contributed by atoms with Crippen LogP contribution in [0.25, 0.3) is 0 Å². The minimum absolute atomic E-state index is 0.0994. The predicted molar refractivity (Wildman–Crippen MR) is 44.1 cm³/mol. The topological polar surface area (TPSA) is 67.2 Å². The van der Waals surface area contributed by atoms with Crippen molar-refractivity contribution in [3.05, 3.63) is 11.8 Å². The van der Waals surface area contributed by atoms with Crippen molar-refractivity contribution in [1.82, 2.24) is 9.78 Å². The number of aryl methyl sites for hydroxylation is 2. The molecule has 0 aliphatic rings. The first-order valence-electron chi connectivity index (χ1n) is 3.55. The number of hydrogen-bond acceptors (Lipinski definition) is 3. The second-order valence-electron chi connectivity index (χ2n) is 2.58. The highest BCUT2D eigenvalue weighted by atomic mass is 16.4. The standard InChI is InChI=1S/C7H11N3O2/c1-5-4-10(2)9-7(5)8-3-6(11)12/h4H,3H2,1-2H3,(H,8,9)(H,11,12). The summed E-state index contributed by atoms with van der Waals surface area (Å²) in [6.45, 7) is 1.77. The van der Waals surface area contributed by atoms with Gasteiger partial charge in [0.25, 0.3) is 0 Å². The van der Waals surface area contributed by atoms with Crippen LogP contribution in [0.3, 0.4) is 0 Å². The van der Waals surface area contributed by atoms with Crippen molar-refractivity contribution < 1.29 is 9.90 Å². The molecule has 5 nitrogen and oxygen atoms in total. The second-order valence-corrected chi connectivity index (χ2v) is 2.58. The second kappa shape index (κ2) is 3.25. The van der Waals surface area contributed by atoms with Crippen LogP contribution in [0.1, 0.15) is 5.56 Å². The molecule has 0 bridgehead atoms. The van der Waals surface area contributed by atoms with Gasteiger partial charge in [-0.15, -0.1) is 0 Å². The molecule has 0 unspecified atom stereocenters. The monoisotopic (exact) mass is 169 g/mol. The number of hydrogen-bond donors (Lipinski definition) is 2. The molecule has 0 aromatic carbocycles. The molecule has 0 saturated carbocycles. The van der Waals surface area contributed by atoms with Crippen LogP contribution < -0.4 is 5.32 Å². The zero-order valence-electron chi connectivity index (χ0n) is 7.03. The smallest absolute Gasteiger partial charge is 0.322 e. The maximum Gasteiger partial charge on any atom is 0.322 e. The molecule has 5 heteroatoms. The lowest BCUT2D eigenvalue weighted by Gasteiger charge is -1.98. The van der Waals surface area contributed by atoms with E-state index in [2.05, 4.69) is 10.4 Å². The van der Waals surface area contributed by atoms with Crippen molar-refractivity contribution in [3.63, 3.8) is 0 Å². The molecule has 1 aromatic rings. The van der Waals surface area contributed by atoms with Crippen molar-refractivity contribution in [2.75, 3.05) is 11.9 Å². The fourth-order valence-corrected chi connectivity index (χ4v) is 0.941. The van der Waals surface area contributed by atoms with Gasteiger partial charge in [0, 0.05) is 18.8 Å². The van der Waals surface area contributed by atoms with Gasteiger partial charge in [-0.3, -0.25) is 9.48 Å². The Morgan fingerprint density at radius 3 is 2.92 bits per heavy atom. The van der Waals surface area contributed by atoms with Gasteiger partial charge in [-0.25, -0.2) is 0 Å². The predicted octanol–water partition coefficient (Wildman–Crippen LogP) is 0.225. The van der Waals surface area contributed by atoms with Crippen LogP contribution in [0.2, 0.25) is 0 Å². The summed E-state index contributed by atoms with van der Waals surface area (Å²) in [7, 11) is 1.79. The molecular weight excluding hydrogens is 158 g/mol. The van der Waals surface area contributed by atoms with E-state index in [0.717, 1.165) is 5.56 Å². The third-order valence-corrected chi connectivity index (χ3v) is 1.42. The van der Waals surface area contributed by atoms with Gasteiger partial charge in [0.2, 0.25) is 0 Å². The fourth-order valence-electron chi connectivity index (χ4n) is 0.941. The van der Waals surface area contributed by atoms with E-state index in [1.54, 1.807) is 11.7 Å². The zero-order chi connectivity index (χ0) is 9.14. The van der Waals surface area contributed by atoms with E-state index in [1.165, 1.54) is 0 Å². The summed E-state index contributed by atoms with van der Waals surface area (Å²) in [6.07, 6.45) is 1.82. The number of carboxylic acid groups (broad SMARTS) is 1. The van der Waals surface area contributed by atoms with E-state index in [0.29, 0.717) is 5.82 Å². The Morgan fingerprint density at radius 1 is 1.83 bits per heavy atom. The van der Waals surface area contributed by atoms with Gasteiger partial charge in [-0.2, -0.15) is 5.10 Å². The largest absolute Gasteiger partial charge is 0.480 e. The average molecular weight is 169 g/mol. The summed E-state index contributed by atoms with van der Waals surface area (Å²) < 4.78 is 1.64. The van der Waals surface area contributed by atoms with Gasteiger partial charge in [-0.1, -0.05) is 0 Å². The van der Waals surface area contributed by atoms with Gasteiger partial charge >= 0.3 is 5.97 Å². The zero-order valence-corrected chi connectivity index (χ0v) is 7.03. The molecule has 0 aliphatic carbocycles. The van der Waals surface area contributed by atoms with Crippen LogP contribution in [0.5, 0.6) is 0 Å². The van der Waals surface area contributed by atoms with Crippen molar-refractivity contribution in [1.29, 1.82) is 0 Å². The highest BCUT2D eigenvalue weighted by Crippen LogP contribution is 2.09. The quantitative estimate of drug-likeness (QED) is 0.679. The molecule has 0 spiro atoms.